The van der Waals surface area contributed by atoms with Gasteiger partial charge in [0.15, 0.2) is 6.61 Å². The van der Waals surface area contributed by atoms with Crippen molar-refractivity contribution < 1.29 is 24.2 Å². The van der Waals surface area contributed by atoms with E-state index in [1.807, 2.05) is 24.3 Å². The number of hydrogen-bond acceptors (Lipinski definition) is 5. The predicted octanol–water partition coefficient (Wildman–Crippen LogP) is 3.27. The van der Waals surface area contributed by atoms with Gasteiger partial charge in [0.05, 0.1) is 5.39 Å². The zero-order chi connectivity index (χ0) is 17.6. The zero-order valence-corrected chi connectivity index (χ0v) is 12.9. The zero-order valence-electron chi connectivity index (χ0n) is 12.9. The minimum Gasteiger partial charge on any atom is -0.507 e. The van der Waals surface area contributed by atoms with Gasteiger partial charge in [-0.15, -0.1) is 0 Å². The van der Waals surface area contributed by atoms with Crippen LogP contribution in [0, 0.1) is 0 Å². The van der Waals surface area contributed by atoms with E-state index < -0.39 is 12.6 Å². The Balaban J connectivity index is 2.00. The quantitative estimate of drug-likeness (QED) is 0.557. The molecule has 4 rings (SSSR count). The molecule has 0 aliphatic carbocycles. The number of aromatic hydroxyl groups is 1. The highest BCUT2D eigenvalue weighted by molar-refractivity contribution is 6.00. The Kier molecular flexibility index (Phi) is 3.32. The van der Waals surface area contributed by atoms with Gasteiger partial charge >= 0.3 is 5.97 Å². The second kappa shape index (κ2) is 5.52. The predicted molar refractivity (Wildman–Crippen MR) is 92.3 cm³/mol. The number of carboxylic acid groups (broad SMARTS) is 1. The Bertz CT molecular complexity index is 1210. The van der Waals surface area contributed by atoms with Crippen LogP contribution in [0.2, 0.25) is 0 Å². The van der Waals surface area contributed by atoms with Crippen molar-refractivity contribution in [3.63, 3.8) is 0 Å². The van der Waals surface area contributed by atoms with Crippen LogP contribution in [0.3, 0.4) is 0 Å². The summed E-state index contributed by atoms with van der Waals surface area (Å²) >= 11 is 0. The van der Waals surface area contributed by atoms with Crippen LogP contribution in [-0.4, -0.2) is 22.8 Å². The summed E-state index contributed by atoms with van der Waals surface area (Å²) in [7, 11) is 0. The third kappa shape index (κ3) is 2.53. The van der Waals surface area contributed by atoms with Gasteiger partial charge in [-0.2, -0.15) is 0 Å². The van der Waals surface area contributed by atoms with Gasteiger partial charge in [-0.05, 0) is 22.9 Å². The van der Waals surface area contributed by atoms with Crippen molar-refractivity contribution in [2.45, 2.75) is 0 Å². The molecule has 4 aromatic rings. The third-order valence-electron chi connectivity index (χ3n) is 3.96. The van der Waals surface area contributed by atoms with E-state index in [9.17, 15) is 14.7 Å². The standard InChI is InChI=1S/C19H12O6/c20-14-7-12(24-9-17(21)22)8-16-18(14)19(23)13-5-10-3-1-2-4-11(10)6-15(13)25-16/h1-8,20H,9H2,(H,21,22). The largest absolute Gasteiger partial charge is 0.507 e. The summed E-state index contributed by atoms with van der Waals surface area (Å²) in [5.41, 5.74) is 0.156. The Morgan fingerprint density at radius 1 is 1.04 bits per heavy atom. The maximum atomic E-state index is 12.8. The van der Waals surface area contributed by atoms with Gasteiger partial charge < -0.3 is 19.4 Å². The van der Waals surface area contributed by atoms with Crippen LogP contribution >= 0.6 is 0 Å². The first-order valence-electron chi connectivity index (χ1n) is 7.50. The average Bonchev–Trinajstić information content (AvgIpc) is 2.58. The molecule has 0 fully saturated rings. The van der Waals surface area contributed by atoms with E-state index in [-0.39, 0.29) is 27.9 Å². The molecule has 0 unspecified atom stereocenters. The number of fused-ring (bicyclic) bond motifs is 3. The summed E-state index contributed by atoms with van der Waals surface area (Å²) in [4.78, 5) is 23.4. The molecule has 0 aliphatic rings. The minimum atomic E-state index is -1.15. The van der Waals surface area contributed by atoms with E-state index in [4.69, 9.17) is 14.3 Å². The molecule has 6 heteroatoms. The third-order valence-corrected chi connectivity index (χ3v) is 3.96. The Morgan fingerprint density at radius 2 is 1.76 bits per heavy atom. The Labute approximate surface area is 140 Å². The molecule has 0 saturated carbocycles. The average molecular weight is 336 g/mol. The van der Waals surface area contributed by atoms with Crippen molar-refractivity contribution in [2.75, 3.05) is 6.61 Å². The summed E-state index contributed by atoms with van der Waals surface area (Å²) in [6.45, 7) is -0.562. The monoisotopic (exact) mass is 336 g/mol. The normalized spacial score (nSPS) is 11.2. The molecule has 25 heavy (non-hydrogen) atoms. The number of hydrogen-bond donors (Lipinski definition) is 2. The molecule has 2 N–H and O–H groups in total. The maximum absolute atomic E-state index is 12.8. The Hall–Kier alpha value is -3.54. The molecule has 0 atom stereocenters. The fourth-order valence-electron chi connectivity index (χ4n) is 2.85. The number of phenolic OH excluding ortho intramolecular Hbond substituents is 1. The van der Waals surface area contributed by atoms with Crippen LogP contribution in [0.15, 0.2) is 57.7 Å². The van der Waals surface area contributed by atoms with E-state index in [2.05, 4.69) is 0 Å². The van der Waals surface area contributed by atoms with Crippen LogP contribution in [0.5, 0.6) is 11.5 Å². The molecule has 0 bridgehead atoms. The number of ether oxygens (including phenoxy) is 1. The SMILES string of the molecule is O=C(O)COc1cc(O)c2c(=O)c3cc4ccccc4cc3oc2c1. The topological polar surface area (TPSA) is 97.0 Å². The van der Waals surface area contributed by atoms with Crippen LogP contribution < -0.4 is 10.2 Å². The van der Waals surface area contributed by atoms with E-state index >= 15 is 0 Å². The van der Waals surface area contributed by atoms with Gasteiger partial charge in [-0.3, -0.25) is 4.79 Å². The molecule has 3 aromatic carbocycles. The lowest BCUT2D eigenvalue weighted by molar-refractivity contribution is -0.139. The van der Waals surface area contributed by atoms with Gasteiger partial charge in [-0.1, -0.05) is 24.3 Å². The van der Waals surface area contributed by atoms with E-state index in [1.54, 1.807) is 12.1 Å². The van der Waals surface area contributed by atoms with Crippen molar-refractivity contribution >= 4 is 38.7 Å². The van der Waals surface area contributed by atoms with Gasteiger partial charge in [0.1, 0.15) is 28.1 Å². The molecule has 1 heterocycles. The second-order valence-electron chi connectivity index (χ2n) is 5.62. The second-order valence-corrected chi connectivity index (χ2v) is 5.62. The van der Waals surface area contributed by atoms with Crippen molar-refractivity contribution in [2.24, 2.45) is 0 Å². The number of rotatable bonds is 3. The van der Waals surface area contributed by atoms with Crippen LogP contribution in [0.1, 0.15) is 0 Å². The van der Waals surface area contributed by atoms with Crippen molar-refractivity contribution in [3.8, 4) is 11.5 Å². The van der Waals surface area contributed by atoms with E-state index in [0.717, 1.165) is 10.8 Å². The fraction of sp³-hybridized carbons (Fsp3) is 0.0526. The molecular weight excluding hydrogens is 324 g/mol. The maximum Gasteiger partial charge on any atom is 0.341 e. The molecule has 1 aromatic heterocycles. The molecular formula is C19H12O6. The van der Waals surface area contributed by atoms with Crippen LogP contribution in [0.25, 0.3) is 32.7 Å². The molecule has 0 saturated heterocycles. The number of aliphatic carboxylic acids is 1. The summed E-state index contributed by atoms with van der Waals surface area (Å²) in [6, 6.07) is 13.6. The van der Waals surface area contributed by atoms with Crippen molar-refractivity contribution in [3.05, 3.63) is 58.8 Å². The van der Waals surface area contributed by atoms with Gasteiger partial charge in [-0.25, -0.2) is 4.79 Å². The first kappa shape index (κ1) is 15.0. The lowest BCUT2D eigenvalue weighted by Crippen LogP contribution is -2.09. The van der Waals surface area contributed by atoms with Crippen molar-refractivity contribution in [1.82, 2.24) is 0 Å². The summed E-state index contributed by atoms with van der Waals surface area (Å²) in [5.74, 6) is -1.36. The molecule has 0 radical (unpaired) electrons. The minimum absolute atomic E-state index is 0.0328. The highest BCUT2D eigenvalue weighted by atomic mass is 16.5. The lowest BCUT2D eigenvalue weighted by atomic mass is 10.1. The summed E-state index contributed by atoms with van der Waals surface area (Å²) in [5, 5.41) is 21.1. The van der Waals surface area contributed by atoms with Gasteiger partial charge in [0, 0.05) is 12.1 Å². The van der Waals surface area contributed by atoms with Gasteiger partial charge in [0.2, 0.25) is 5.43 Å². The Morgan fingerprint density at radius 3 is 2.48 bits per heavy atom. The number of carboxylic acids is 1. The molecule has 0 amide bonds. The lowest BCUT2D eigenvalue weighted by Gasteiger charge is -2.08. The molecule has 6 nitrogen and oxygen atoms in total. The first-order chi connectivity index (χ1) is 12.0. The van der Waals surface area contributed by atoms with Crippen LogP contribution in [-0.2, 0) is 4.79 Å². The summed E-state index contributed by atoms with van der Waals surface area (Å²) < 4.78 is 10.8. The number of carbonyl (C=O) groups is 1. The van der Waals surface area contributed by atoms with Crippen LogP contribution in [0.4, 0.5) is 0 Å². The van der Waals surface area contributed by atoms with Gasteiger partial charge in [0.25, 0.3) is 0 Å². The molecule has 124 valence electrons. The van der Waals surface area contributed by atoms with E-state index in [0.29, 0.717) is 11.0 Å². The highest BCUT2D eigenvalue weighted by Crippen LogP contribution is 2.31. The van der Waals surface area contributed by atoms with E-state index in [1.165, 1.54) is 12.1 Å². The fourth-order valence-corrected chi connectivity index (χ4v) is 2.85. The summed E-state index contributed by atoms with van der Waals surface area (Å²) in [6.07, 6.45) is 0. The molecule has 0 aliphatic heterocycles. The number of phenols is 1. The number of benzene rings is 3. The first-order valence-corrected chi connectivity index (χ1v) is 7.50. The smallest absolute Gasteiger partial charge is 0.341 e. The molecule has 0 spiro atoms. The highest BCUT2D eigenvalue weighted by Gasteiger charge is 2.14. The van der Waals surface area contributed by atoms with Crippen molar-refractivity contribution in [1.29, 1.82) is 0 Å².